The fraction of sp³-hybridized carbons (Fsp3) is 0.436. The molecule has 244 valence electrons. The van der Waals surface area contributed by atoms with Gasteiger partial charge in [0.25, 0.3) is 0 Å². The van der Waals surface area contributed by atoms with E-state index < -0.39 is 10.8 Å². The summed E-state index contributed by atoms with van der Waals surface area (Å²) in [7, 11) is 0. The minimum absolute atomic E-state index is 0.271. The number of carbonyl (C=O) groups excluding carboxylic acids is 2. The van der Waals surface area contributed by atoms with Gasteiger partial charge in [-0.3, -0.25) is 14.5 Å². The number of ether oxygens (including phenoxy) is 4. The predicted octanol–water partition coefficient (Wildman–Crippen LogP) is 8.21. The summed E-state index contributed by atoms with van der Waals surface area (Å²) in [4.78, 5) is 27.4. The number of rotatable bonds is 9. The number of piperidine rings is 1. The van der Waals surface area contributed by atoms with Gasteiger partial charge in [-0.25, -0.2) is 0 Å². The molecule has 1 atom stereocenters. The van der Waals surface area contributed by atoms with Crippen LogP contribution < -0.4 is 18.9 Å². The molecule has 3 aromatic rings. The number of esters is 2. The van der Waals surface area contributed by atoms with Crippen molar-refractivity contribution in [2.45, 2.75) is 73.3 Å². The molecule has 0 spiro atoms. The zero-order valence-corrected chi connectivity index (χ0v) is 28.1. The van der Waals surface area contributed by atoms with E-state index in [0.29, 0.717) is 30.3 Å². The molecule has 1 fully saturated rings. The zero-order chi connectivity index (χ0) is 32.9. The van der Waals surface area contributed by atoms with E-state index in [1.54, 1.807) is 12.1 Å². The molecular weight excluding hydrogens is 578 g/mol. The van der Waals surface area contributed by atoms with Crippen molar-refractivity contribution in [2.75, 3.05) is 26.2 Å². The van der Waals surface area contributed by atoms with E-state index >= 15 is 0 Å². The van der Waals surface area contributed by atoms with Crippen LogP contribution >= 0.6 is 0 Å². The van der Waals surface area contributed by atoms with Gasteiger partial charge in [-0.15, -0.1) is 0 Å². The summed E-state index contributed by atoms with van der Waals surface area (Å²) < 4.78 is 24.0. The third kappa shape index (κ3) is 8.79. The first-order chi connectivity index (χ1) is 21.8. The molecule has 7 nitrogen and oxygen atoms in total. The molecule has 2 aliphatic heterocycles. The van der Waals surface area contributed by atoms with Crippen molar-refractivity contribution in [3.63, 3.8) is 0 Å². The van der Waals surface area contributed by atoms with Gasteiger partial charge in [0.1, 0.15) is 35.7 Å². The third-order valence-electron chi connectivity index (χ3n) is 8.19. The Kier molecular flexibility index (Phi) is 10.2. The topological polar surface area (TPSA) is 74.3 Å². The molecule has 0 bridgehead atoms. The Hall–Kier alpha value is -4.10. The molecule has 0 radical (unpaired) electrons. The lowest BCUT2D eigenvalue weighted by atomic mass is 9.91. The number of likely N-dealkylation sites (tertiary alicyclic amines) is 1. The lowest BCUT2D eigenvalue weighted by molar-refractivity contribution is -0.143. The number of fused-ring (bicyclic) bond motifs is 1. The molecule has 2 heterocycles. The number of benzene rings is 3. The molecular formula is C39H47NO6. The first-order valence-corrected chi connectivity index (χ1v) is 16.3. The van der Waals surface area contributed by atoms with Crippen LogP contribution in [-0.4, -0.2) is 43.1 Å². The Bertz CT molecular complexity index is 1540. The number of nitrogens with zero attached hydrogens (tertiary/aromatic N) is 1. The maximum Gasteiger partial charge on any atom is 0.316 e. The maximum absolute atomic E-state index is 12.6. The first kappa shape index (κ1) is 33.3. The Morgan fingerprint density at radius 2 is 1.35 bits per heavy atom. The van der Waals surface area contributed by atoms with Gasteiger partial charge >= 0.3 is 11.9 Å². The molecule has 0 amide bonds. The molecule has 1 saturated heterocycles. The molecule has 1 unspecified atom stereocenters. The highest BCUT2D eigenvalue weighted by Crippen LogP contribution is 2.41. The van der Waals surface area contributed by atoms with Gasteiger partial charge in [-0.2, -0.15) is 0 Å². The van der Waals surface area contributed by atoms with Crippen LogP contribution in [0.3, 0.4) is 0 Å². The summed E-state index contributed by atoms with van der Waals surface area (Å²) in [5.41, 5.74) is 2.84. The van der Waals surface area contributed by atoms with Gasteiger partial charge in [0.2, 0.25) is 0 Å². The van der Waals surface area contributed by atoms with E-state index in [4.69, 9.17) is 18.9 Å². The number of hydrogen-bond donors (Lipinski definition) is 0. The van der Waals surface area contributed by atoms with Crippen molar-refractivity contribution < 1.29 is 28.5 Å². The Morgan fingerprint density at radius 1 is 0.761 bits per heavy atom. The van der Waals surface area contributed by atoms with Crippen molar-refractivity contribution in [3.8, 4) is 23.0 Å². The highest BCUT2D eigenvalue weighted by molar-refractivity contribution is 5.79. The van der Waals surface area contributed by atoms with Crippen molar-refractivity contribution in [2.24, 2.45) is 10.8 Å². The van der Waals surface area contributed by atoms with E-state index in [0.717, 1.165) is 47.6 Å². The summed E-state index contributed by atoms with van der Waals surface area (Å²) >= 11 is 0. The summed E-state index contributed by atoms with van der Waals surface area (Å²) in [5, 5.41) is 0. The van der Waals surface area contributed by atoms with Crippen LogP contribution in [0.5, 0.6) is 23.0 Å². The fourth-order valence-electron chi connectivity index (χ4n) is 5.35. The summed E-state index contributed by atoms with van der Waals surface area (Å²) in [6, 6.07) is 21.2. The summed E-state index contributed by atoms with van der Waals surface area (Å²) in [6.07, 6.45) is 6.28. The molecule has 0 aromatic heterocycles. The largest absolute Gasteiger partial charge is 0.492 e. The highest BCUT2D eigenvalue weighted by Gasteiger charge is 2.28. The van der Waals surface area contributed by atoms with E-state index in [1.807, 2.05) is 84.0 Å². The molecule has 46 heavy (non-hydrogen) atoms. The standard InChI is InChI=1S/C39H47NO6/c1-38(2,3)36(41)44-32-15-10-27(11-16-32)24-30-25-29-14-19-33(45-37(42)39(4,5)6)26-34(29)46-35(30)28-12-17-31(18-13-28)43-23-22-40-20-8-7-9-21-40/h10-19,25-26,35H,7-9,20-24H2,1-6H3. The highest BCUT2D eigenvalue weighted by atomic mass is 16.5. The van der Waals surface area contributed by atoms with Crippen LogP contribution in [0.25, 0.3) is 6.08 Å². The Labute approximate surface area is 273 Å². The van der Waals surface area contributed by atoms with E-state index in [-0.39, 0.29) is 18.0 Å². The number of hydrogen-bond acceptors (Lipinski definition) is 7. The van der Waals surface area contributed by atoms with Crippen LogP contribution in [0.15, 0.2) is 72.3 Å². The predicted molar refractivity (Wildman–Crippen MR) is 180 cm³/mol. The van der Waals surface area contributed by atoms with Crippen molar-refractivity contribution in [1.82, 2.24) is 4.90 Å². The van der Waals surface area contributed by atoms with Gasteiger partial charge in [0.05, 0.1) is 10.8 Å². The maximum atomic E-state index is 12.6. The number of carbonyl (C=O) groups is 2. The molecule has 0 aliphatic carbocycles. The average Bonchev–Trinajstić information content (AvgIpc) is 3.02. The minimum atomic E-state index is -0.620. The van der Waals surface area contributed by atoms with Gasteiger partial charge in [0.15, 0.2) is 0 Å². The second kappa shape index (κ2) is 14.1. The third-order valence-corrected chi connectivity index (χ3v) is 8.19. The van der Waals surface area contributed by atoms with Gasteiger partial charge in [-0.05, 0) is 133 Å². The second-order valence-corrected chi connectivity index (χ2v) is 14.3. The van der Waals surface area contributed by atoms with Gasteiger partial charge in [-0.1, -0.05) is 30.7 Å². The molecule has 2 aliphatic rings. The first-order valence-electron chi connectivity index (χ1n) is 16.3. The van der Waals surface area contributed by atoms with Crippen LogP contribution in [0.2, 0.25) is 0 Å². The Morgan fingerprint density at radius 3 is 1.98 bits per heavy atom. The Balaban J connectivity index is 1.35. The lowest BCUT2D eigenvalue weighted by Gasteiger charge is -2.29. The van der Waals surface area contributed by atoms with Crippen LogP contribution in [-0.2, 0) is 16.0 Å². The van der Waals surface area contributed by atoms with E-state index in [2.05, 4.69) is 23.1 Å². The minimum Gasteiger partial charge on any atom is -0.492 e. The van der Waals surface area contributed by atoms with Crippen LogP contribution in [0.1, 0.15) is 83.6 Å². The molecule has 7 heteroatoms. The molecule has 5 rings (SSSR count). The van der Waals surface area contributed by atoms with Gasteiger partial charge < -0.3 is 18.9 Å². The second-order valence-electron chi connectivity index (χ2n) is 14.3. The van der Waals surface area contributed by atoms with Crippen molar-refractivity contribution >= 4 is 18.0 Å². The quantitative estimate of drug-likeness (QED) is 0.175. The van der Waals surface area contributed by atoms with Crippen LogP contribution in [0.4, 0.5) is 0 Å². The average molecular weight is 626 g/mol. The lowest BCUT2D eigenvalue weighted by Crippen LogP contribution is -2.33. The van der Waals surface area contributed by atoms with E-state index in [9.17, 15) is 9.59 Å². The SMILES string of the molecule is CC(C)(C)C(=O)Oc1ccc(CC2=Cc3ccc(OC(=O)C(C)(C)C)cc3OC2c2ccc(OCCN3CCCCC3)cc2)cc1. The van der Waals surface area contributed by atoms with Crippen LogP contribution in [0, 0.1) is 10.8 Å². The van der Waals surface area contributed by atoms with Crippen molar-refractivity contribution in [1.29, 1.82) is 0 Å². The van der Waals surface area contributed by atoms with E-state index in [1.165, 1.54) is 19.3 Å². The zero-order valence-electron chi connectivity index (χ0n) is 28.1. The van der Waals surface area contributed by atoms with Gasteiger partial charge in [0, 0.05) is 18.2 Å². The van der Waals surface area contributed by atoms with Crippen molar-refractivity contribution in [3.05, 3.63) is 89.0 Å². The fourth-order valence-corrected chi connectivity index (χ4v) is 5.35. The smallest absolute Gasteiger partial charge is 0.316 e. The normalized spacial score (nSPS) is 16.9. The molecule has 0 saturated carbocycles. The molecule has 0 N–H and O–H groups in total. The monoisotopic (exact) mass is 625 g/mol. The molecule has 3 aromatic carbocycles. The summed E-state index contributed by atoms with van der Waals surface area (Å²) in [5.74, 6) is 1.88. The summed E-state index contributed by atoms with van der Waals surface area (Å²) in [6.45, 7) is 14.9.